The van der Waals surface area contributed by atoms with Gasteiger partial charge in [0.15, 0.2) is 5.11 Å². The van der Waals surface area contributed by atoms with Crippen LogP contribution in [0.3, 0.4) is 0 Å². The molecule has 0 aromatic heterocycles. The number of halogens is 2. The van der Waals surface area contributed by atoms with Crippen LogP contribution in [0.25, 0.3) is 0 Å². The van der Waals surface area contributed by atoms with Crippen LogP contribution in [0, 0.1) is 0 Å². The van der Waals surface area contributed by atoms with Crippen molar-refractivity contribution in [1.29, 1.82) is 0 Å². The van der Waals surface area contributed by atoms with Gasteiger partial charge in [0, 0.05) is 16.4 Å². The predicted octanol–water partition coefficient (Wildman–Crippen LogP) is 5.60. The van der Waals surface area contributed by atoms with Crippen LogP contribution in [0.15, 0.2) is 77.7 Å². The monoisotopic (exact) mass is 451 g/mol. The quantitative estimate of drug-likeness (QED) is 0.440. The summed E-state index contributed by atoms with van der Waals surface area (Å²) in [6.45, 7) is 0. The van der Waals surface area contributed by atoms with E-state index in [1.807, 2.05) is 6.07 Å². The number of sulfonamides is 1. The molecule has 0 spiro atoms. The van der Waals surface area contributed by atoms with Gasteiger partial charge >= 0.3 is 0 Å². The van der Waals surface area contributed by atoms with E-state index in [4.69, 9.17) is 35.4 Å². The molecule has 5 nitrogen and oxygen atoms in total. The zero-order valence-electron chi connectivity index (χ0n) is 14.3. The van der Waals surface area contributed by atoms with Gasteiger partial charge in [-0.05, 0) is 66.8 Å². The second-order valence-corrected chi connectivity index (χ2v) is 8.63. The van der Waals surface area contributed by atoms with E-state index in [1.54, 1.807) is 54.6 Å². The summed E-state index contributed by atoms with van der Waals surface area (Å²) in [4.78, 5) is 0.103. The van der Waals surface area contributed by atoms with E-state index in [2.05, 4.69) is 15.4 Å². The van der Waals surface area contributed by atoms with Gasteiger partial charge in [-0.15, -0.1) is 0 Å². The highest BCUT2D eigenvalue weighted by Crippen LogP contribution is 2.24. The van der Waals surface area contributed by atoms with Gasteiger partial charge in [-0.3, -0.25) is 4.72 Å². The number of benzene rings is 3. The summed E-state index contributed by atoms with van der Waals surface area (Å²) < 4.78 is 27.5. The van der Waals surface area contributed by atoms with Gasteiger partial charge in [-0.25, -0.2) is 8.42 Å². The Kier molecular flexibility index (Phi) is 6.41. The Morgan fingerprint density at radius 2 is 1.50 bits per heavy atom. The van der Waals surface area contributed by atoms with E-state index in [-0.39, 0.29) is 4.90 Å². The SMILES string of the molecule is O=S(=O)(Nc1ccccc1Cl)c1ccc(NC(=S)Nc2cccc(Cl)c2)cc1. The fourth-order valence-corrected chi connectivity index (χ4v) is 4.07. The van der Waals surface area contributed by atoms with Crippen LogP contribution in [-0.4, -0.2) is 13.5 Å². The molecule has 3 N–H and O–H groups in total. The van der Waals surface area contributed by atoms with Gasteiger partial charge in [0.05, 0.1) is 15.6 Å². The average Bonchev–Trinajstić information content (AvgIpc) is 2.64. The molecule has 3 rings (SSSR count). The number of hydrogen-bond acceptors (Lipinski definition) is 3. The van der Waals surface area contributed by atoms with Crippen molar-refractivity contribution in [2.24, 2.45) is 0 Å². The van der Waals surface area contributed by atoms with Crippen molar-refractivity contribution in [3.05, 3.63) is 82.8 Å². The highest BCUT2D eigenvalue weighted by atomic mass is 35.5. The van der Waals surface area contributed by atoms with Crippen LogP contribution in [0.5, 0.6) is 0 Å². The molecule has 0 radical (unpaired) electrons. The van der Waals surface area contributed by atoms with E-state index in [0.717, 1.165) is 5.69 Å². The van der Waals surface area contributed by atoms with Gasteiger partial charge in [0.2, 0.25) is 0 Å². The lowest BCUT2D eigenvalue weighted by molar-refractivity contribution is 0.601. The molecule has 144 valence electrons. The van der Waals surface area contributed by atoms with Crippen molar-refractivity contribution in [3.8, 4) is 0 Å². The molecular formula is C19H15Cl2N3O2S2. The fourth-order valence-electron chi connectivity index (χ4n) is 2.32. The summed E-state index contributed by atoms with van der Waals surface area (Å²) in [6.07, 6.45) is 0. The Balaban J connectivity index is 1.67. The third-order valence-electron chi connectivity index (χ3n) is 3.62. The van der Waals surface area contributed by atoms with Crippen molar-refractivity contribution >= 4 is 67.6 Å². The third-order valence-corrected chi connectivity index (χ3v) is 5.77. The maximum atomic E-state index is 12.5. The third kappa shape index (κ3) is 5.36. The Hall–Kier alpha value is -2.32. The lowest BCUT2D eigenvalue weighted by atomic mass is 10.3. The average molecular weight is 452 g/mol. The summed E-state index contributed by atoms with van der Waals surface area (Å²) in [7, 11) is -3.76. The molecule has 0 heterocycles. The molecule has 28 heavy (non-hydrogen) atoms. The number of anilines is 3. The lowest BCUT2D eigenvalue weighted by Crippen LogP contribution is -2.19. The number of para-hydroxylation sites is 1. The number of nitrogens with one attached hydrogen (secondary N) is 3. The van der Waals surface area contributed by atoms with Crippen LogP contribution in [-0.2, 0) is 10.0 Å². The van der Waals surface area contributed by atoms with Gasteiger partial charge < -0.3 is 10.6 Å². The molecule has 0 aliphatic heterocycles. The summed E-state index contributed by atoms with van der Waals surface area (Å²) in [5, 5.41) is 7.26. The van der Waals surface area contributed by atoms with Crippen molar-refractivity contribution in [2.45, 2.75) is 4.90 Å². The topological polar surface area (TPSA) is 70.2 Å². The first kappa shape index (κ1) is 20.4. The van der Waals surface area contributed by atoms with Gasteiger partial charge in [0.1, 0.15) is 0 Å². The van der Waals surface area contributed by atoms with E-state index >= 15 is 0 Å². The van der Waals surface area contributed by atoms with Crippen LogP contribution in [0.1, 0.15) is 0 Å². The largest absolute Gasteiger partial charge is 0.332 e. The summed E-state index contributed by atoms with van der Waals surface area (Å²) in [6, 6.07) is 20.0. The molecule has 3 aromatic rings. The first-order chi connectivity index (χ1) is 13.3. The van der Waals surface area contributed by atoms with Crippen LogP contribution in [0.4, 0.5) is 17.1 Å². The molecule has 0 unspecified atom stereocenters. The van der Waals surface area contributed by atoms with Crippen molar-refractivity contribution in [3.63, 3.8) is 0 Å². The zero-order chi connectivity index (χ0) is 20.1. The van der Waals surface area contributed by atoms with Crippen LogP contribution in [0.2, 0.25) is 10.0 Å². The van der Waals surface area contributed by atoms with Gasteiger partial charge in [-0.1, -0.05) is 41.4 Å². The predicted molar refractivity (Wildman–Crippen MR) is 120 cm³/mol. The van der Waals surface area contributed by atoms with E-state index in [0.29, 0.717) is 26.5 Å². The normalized spacial score (nSPS) is 10.9. The smallest absolute Gasteiger partial charge is 0.261 e. The summed E-state index contributed by atoms with van der Waals surface area (Å²) in [5.74, 6) is 0. The Bertz CT molecular complexity index is 1100. The molecule has 0 atom stereocenters. The zero-order valence-corrected chi connectivity index (χ0v) is 17.5. The molecule has 0 aliphatic rings. The van der Waals surface area contributed by atoms with E-state index in [1.165, 1.54) is 12.1 Å². The molecule has 9 heteroatoms. The molecule has 0 saturated heterocycles. The van der Waals surface area contributed by atoms with Crippen molar-refractivity contribution in [2.75, 3.05) is 15.4 Å². The molecule has 0 amide bonds. The summed E-state index contributed by atoms with van der Waals surface area (Å²) >= 11 is 17.2. The molecule has 3 aromatic carbocycles. The molecular weight excluding hydrogens is 437 g/mol. The van der Waals surface area contributed by atoms with Crippen molar-refractivity contribution < 1.29 is 8.42 Å². The second-order valence-electron chi connectivity index (χ2n) is 5.70. The number of thiocarbonyl (C=S) groups is 1. The van der Waals surface area contributed by atoms with Crippen LogP contribution < -0.4 is 15.4 Å². The molecule has 0 saturated carbocycles. The van der Waals surface area contributed by atoms with Crippen LogP contribution >= 0.6 is 35.4 Å². The Morgan fingerprint density at radius 3 is 2.18 bits per heavy atom. The second kappa shape index (κ2) is 8.79. The van der Waals surface area contributed by atoms with E-state index < -0.39 is 10.0 Å². The maximum absolute atomic E-state index is 12.5. The molecule has 0 bridgehead atoms. The molecule has 0 fully saturated rings. The van der Waals surface area contributed by atoms with Crippen molar-refractivity contribution in [1.82, 2.24) is 0 Å². The minimum atomic E-state index is -3.76. The minimum absolute atomic E-state index is 0.103. The lowest BCUT2D eigenvalue weighted by Gasteiger charge is -2.12. The fraction of sp³-hybridized carbons (Fsp3) is 0. The highest BCUT2D eigenvalue weighted by molar-refractivity contribution is 7.92. The minimum Gasteiger partial charge on any atom is -0.332 e. The molecule has 0 aliphatic carbocycles. The Morgan fingerprint density at radius 1 is 0.821 bits per heavy atom. The first-order valence-electron chi connectivity index (χ1n) is 8.04. The van der Waals surface area contributed by atoms with Gasteiger partial charge in [-0.2, -0.15) is 0 Å². The number of rotatable bonds is 5. The first-order valence-corrected chi connectivity index (χ1v) is 10.7. The van der Waals surface area contributed by atoms with Gasteiger partial charge in [0.25, 0.3) is 10.0 Å². The number of hydrogen-bond donors (Lipinski definition) is 3. The maximum Gasteiger partial charge on any atom is 0.261 e. The Labute approximate surface area is 178 Å². The highest BCUT2D eigenvalue weighted by Gasteiger charge is 2.15. The summed E-state index contributed by atoms with van der Waals surface area (Å²) in [5.41, 5.74) is 1.70. The van der Waals surface area contributed by atoms with E-state index in [9.17, 15) is 8.42 Å². The standard InChI is InChI=1S/C19H15Cl2N3O2S2/c20-13-4-3-5-15(12-13)23-19(27)22-14-8-10-16(11-9-14)28(25,26)24-18-7-2-1-6-17(18)21/h1-12,24H,(H2,22,23,27).